The number of carbonyl (C=O) groups is 1. The van der Waals surface area contributed by atoms with E-state index in [9.17, 15) is 14.0 Å². The molecule has 25 heavy (non-hydrogen) atoms. The Bertz CT molecular complexity index is 1040. The van der Waals surface area contributed by atoms with E-state index >= 15 is 0 Å². The number of hydrogen-bond donors (Lipinski definition) is 0. The Morgan fingerprint density at radius 3 is 2.76 bits per heavy atom. The number of carbonyl (C=O) groups excluding carboxylic acids is 1. The number of nitrogens with zero attached hydrogens (tertiary/aromatic N) is 2. The summed E-state index contributed by atoms with van der Waals surface area (Å²) in [5, 5.41) is 0.263. The number of rotatable bonds is 3. The van der Waals surface area contributed by atoms with Crippen molar-refractivity contribution in [3.8, 4) is 11.5 Å². The zero-order chi connectivity index (χ0) is 17.4. The molecule has 1 aliphatic heterocycles. The molecule has 0 N–H and O–H groups in total. The summed E-state index contributed by atoms with van der Waals surface area (Å²) in [7, 11) is 0. The molecule has 6 nitrogen and oxygen atoms in total. The minimum absolute atomic E-state index is 0.168. The second-order valence-electron chi connectivity index (χ2n) is 5.62. The van der Waals surface area contributed by atoms with E-state index in [1.807, 2.05) is 0 Å². The maximum atomic E-state index is 13.2. The van der Waals surface area contributed by atoms with Gasteiger partial charge in [-0.3, -0.25) is 14.2 Å². The molecule has 0 radical (unpaired) electrons. The highest BCUT2D eigenvalue weighted by Gasteiger charge is 2.16. The van der Waals surface area contributed by atoms with Crippen LogP contribution in [0.5, 0.6) is 11.5 Å². The molecule has 2 aromatic carbocycles. The Labute approximate surface area is 141 Å². The third kappa shape index (κ3) is 2.84. The molecule has 0 saturated heterocycles. The van der Waals surface area contributed by atoms with E-state index < -0.39 is 11.4 Å². The van der Waals surface area contributed by atoms with Gasteiger partial charge in [-0.05, 0) is 30.3 Å². The molecule has 2 heterocycles. The van der Waals surface area contributed by atoms with Crippen LogP contribution in [0.2, 0.25) is 0 Å². The lowest BCUT2D eigenvalue weighted by molar-refractivity contribution is 0.0969. The normalized spacial score (nSPS) is 13.0. The molecule has 1 aromatic heterocycles. The maximum Gasteiger partial charge on any atom is 0.261 e. The molecule has 0 aliphatic carbocycles. The number of ketones is 1. The first-order valence-electron chi connectivity index (χ1n) is 7.69. The third-order valence-electron chi connectivity index (χ3n) is 3.97. The van der Waals surface area contributed by atoms with Gasteiger partial charge in [0.2, 0.25) is 0 Å². The molecule has 0 bridgehead atoms. The van der Waals surface area contributed by atoms with Crippen LogP contribution in [0.3, 0.4) is 0 Å². The fourth-order valence-electron chi connectivity index (χ4n) is 2.71. The van der Waals surface area contributed by atoms with E-state index in [1.54, 1.807) is 18.2 Å². The molecule has 3 aromatic rings. The van der Waals surface area contributed by atoms with Gasteiger partial charge in [-0.1, -0.05) is 0 Å². The van der Waals surface area contributed by atoms with Crippen LogP contribution in [0.1, 0.15) is 10.4 Å². The molecular weight excluding hydrogens is 327 g/mol. The molecule has 4 rings (SSSR count). The summed E-state index contributed by atoms with van der Waals surface area (Å²) >= 11 is 0. The Hall–Kier alpha value is -3.22. The van der Waals surface area contributed by atoms with E-state index in [0.717, 1.165) is 0 Å². The number of aromatic nitrogens is 2. The third-order valence-corrected chi connectivity index (χ3v) is 3.97. The molecule has 1 aliphatic rings. The molecule has 0 amide bonds. The predicted octanol–water partition coefficient (Wildman–Crippen LogP) is 2.19. The van der Waals surface area contributed by atoms with Crippen molar-refractivity contribution < 1.29 is 18.7 Å². The van der Waals surface area contributed by atoms with Crippen molar-refractivity contribution >= 4 is 16.7 Å². The first-order valence-corrected chi connectivity index (χ1v) is 7.69. The fraction of sp³-hybridized carbons (Fsp3) is 0.167. The number of Topliss-reactive ketones (excluding diaryl/α,β-unsaturated/α-hetero) is 1. The lowest BCUT2D eigenvalue weighted by Crippen LogP contribution is -2.25. The molecular formula is C18H13FN2O4. The van der Waals surface area contributed by atoms with E-state index in [2.05, 4.69) is 4.98 Å². The van der Waals surface area contributed by atoms with Crippen molar-refractivity contribution in [2.24, 2.45) is 0 Å². The first-order chi connectivity index (χ1) is 12.1. The van der Waals surface area contributed by atoms with Crippen LogP contribution in [0.4, 0.5) is 4.39 Å². The van der Waals surface area contributed by atoms with Crippen LogP contribution in [0, 0.1) is 5.82 Å². The topological polar surface area (TPSA) is 70.4 Å². The number of fused-ring (bicyclic) bond motifs is 2. The molecule has 0 saturated carbocycles. The van der Waals surface area contributed by atoms with Gasteiger partial charge < -0.3 is 9.47 Å². The Kier molecular flexibility index (Phi) is 3.68. The van der Waals surface area contributed by atoms with E-state index in [-0.39, 0.29) is 23.2 Å². The molecule has 126 valence electrons. The van der Waals surface area contributed by atoms with Crippen molar-refractivity contribution in [1.29, 1.82) is 0 Å². The quantitative estimate of drug-likeness (QED) is 0.684. The van der Waals surface area contributed by atoms with Gasteiger partial charge >= 0.3 is 0 Å². The number of halogens is 1. The predicted molar refractivity (Wildman–Crippen MR) is 87.7 cm³/mol. The highest BCUT2D eigenvalue weighted by atomic mass is 19.1. The number of benzene rings is 2. The Morgan fingerprint density at radius 1 is 1.12 bits per heavy atom. The summed E-state index contributed by atoms with van der Waals surface area (Å²) in [6.07, 6.45) is 1.25. The van der Waals surface area contributed by atoms with Gasteiger partial charge in [-0.15, -0.1) is 0 Å². The monoisotopic (exact) mass is 340 g/mol. The lowest BCUT2D eigenvalue weighted by Gasteiger charge is -2.18. The average Bonchev–Trinajstić information content (AvgIpc) is 2.63. The van der Waals surface area contributed by atoms with E-state index in [1.165, 1.54) is 29.1 Å². The van der Waals surface area contributed by atoms with Crippen molar-refractivity contribution in [2.45, 2.75) is 6.54 Å². The fourth-order valence-corrected chi connectivity index (χ4v) is 2.71. The average molecular weight is 340 g/mol. The molecule has 0 unspecified atom stereocenters. The zero-order valence-corrected chi connectivity index (χ0v) is 13.1. The molecule has 0 atom stereocenters. The van der Waals surface area contributed by atoms with Crippen LogP contribution in [-0.2, 0) is 6.54 Å². The zero-order valence-electron chi connectivity index (χ0n) is 13.1. The van der Waals surface area contributed by atoms with Crippen LogP contribution in [0.25, 0.3) is 10.9 Å². The van der Waals surface area contributed by atoms with Gasteiger partial charge in [0.1, 0.15) is 19.0 Å². The summed E-state index contributed by atoms with van der Waals surface area (Å²) < 4.78 is 25.3. The van der Waals surface area contributed by atoms with E-state index in [4.69, 9.17) is 9.47 Å². The largest absolute Gasteiger partial charge is 0.486 e. The van der Waals surface area contributed by atoms with Gasteiger partial charge in [0.15, 0.2) is 17.3 Å². The van der Waals surface area contributed by atoms with Gasteiger partial charge in [-0.25, -0.2) is 9.37 Å². The van der Waals surface area contributed by atoms with Crippen LogP contribution in [0.15, 0.2) is 47.5 Å². The number of hydrogen-bond acceptors (Lipinski definition) is 5. The minimum Gasteiger partial charge on any atom is -0.486 e. The summed E-state index contributed by atoms with van der Waals surface area (Å²) in [5.41, 5.74) is 0.277. The SMILES string of the molecule is O=C(Cn1cnc2cc(F)ccc2c1=O)c1ccc2c(c1)OCCO2. The van der Waals surface area contributed by atoms with Gasteiger partial charge in [0, 0.05) is 11.6 Å². The van der Waals surface area contributed by atoms with Crippen LogP contribution < -0.4 is 15.0 Å². The van der Waals surface area contributed by atoms with Gasteiger partial charge in [0.25, 0.3) is 5.56 Å². The summed E-state index contributed by atoms with van der Waals surface area (Å²) in [6, 6.07) is 8.65. The van der Waals surface area contributed by atoms with Crippen molar-refractivity contribution in [1.82, 2.24) is 9.55 Å². The summed E-state index contributed by atoms with van der Waals surface area (Å²) in [5.74, 6) is 0.373. The molecule has 7 heteroatoms. The highest BCUT2D eigenvalue weighted by molar-refractivity contribution is 5.96. The van der Waals surface area contributed by atoms with Gasteiger partial charge in [-0.2, -0.15) is 0 Å². The summed E-state index contributed by atoms with van der Waals surface area (Å²) in [4.78, 5) is 29.0. The molecule has 0 spiro atoms. The Balaban J connectivity index is 1.65. The number of ether oxygens (including phenoxy) is 2. The maximum absolute atomic E-state index is 13.2. The van der Waals surface area contributed by atoms with Crippen LogP contribution >= 0.6 is 0 Å². The van der Waals surface area contributed by atoms with Crippen molar-refractivity contribution in [3.05, 3.63) is 64.5 Å². The first kappa shape index (κ1) is 15.3. The standard InChI is InChI=1S/C18H13FN2O4/c19-12-2-3-13-14(8-12)20-10-21(18(13)23)9-15(22)11-1-4-16-17(7-11)25-6-5-24-16/h1-4,7-8,10H,5-6,9H2. The smallest absolute Gasteiger partial charge is 0.261 e. The van der Waals surface area contributed by atoms with Gasteiger partial charge in [0.05, 0.1) is 23.8 Å². The van der Waals surface area contributed by atoms with E-state index in [0.29, 0.717) is 30.3 Å². The highest BCUT2D eigenvalue weighted by Crippen LogP contribution is 2.30. The lowest BCUT2D eigenvalue weighted by atomic mass is 10.1. The van der Waals surface area contributed by atoms with Crippen molar-refractivity contribution in [2.75, 3.05) is 13.2 Å². The molecule has 0 fully saturated rings. The second-order valence-corrected chi connectivity index (χ2v) is 5.62. The second kappa shape index (κ2) is 6.01. The minimum atomic E-state index is -0.468. The van der Waals surface area contributed by atoms with Crippen LogP contribution in [-0.4, -0.2) is 28.5 Å². The Morgan fingerprint density at radius 2 is 1.92 bits per heavy atom. The van der Waals surface area contributed by atoms with Crippen molar-refractivity contribution in [3.63, 3.8) is 0 Å². The summed E-state index contributed by atoms with van der Waals surface area (Å²) in [6.45, 7) is 0.729.